The number of hydrogen-bond acceptors (Lipinski definition) is 3. The summed E-state index contributed by atoms with van der Waals surface area (Å²) in [5.41, 5.74) is 1.99. The fraction of sp³-hybridized carbons (Fsp3) is 0.235. The lowest BCUT2D eigenvalue weighted by atomic mass is 10.1. The number of benzene rings is 2. The van der Waals surface area contributed by atoms with E-state index in [1.165, 1.54) is 24.3 Å². The van der Waals surface area contributed by atoms with E-state index in [2.05, 4.69) is 5.32 Å². The van der Waals surface area contributed by atoms with Crippen molar-refractivity contribution < 1.29 is 18.7 Å². The van der Waals surface area contributed by atoms with Crippen LogP contribution in [-0.2, 0) is 11.3 Å². The third-order valence-corrected chi connectivity index (χ3v) is 3.10. The van der Waals surface area contributed by atoms with Crippen molar-refractivity contribution >= 4 is 5.91 Å². The van der Waals surface area contributed by atoms with Crippen LogP contribution in [0.5, 0.6) is 11.5 Å². The second kappa shape index (κ2) is 7.45. The molecular formula is C17H18FNO3. The SMILES string of the molecule is COc1ccc(C)cc1CNC(=O)COc1ccc(F)cc1. The van der Waals surface area contributed by atoms with Gasteiger partial charge in [-0.1, -0.05) is 17.7 Å². The summed E-state index contributed by atoms with van der Waals surface area (Å²) in [4.78, 5) is 11.8. The highest BCUT2D eigenvalue weighted by Gasteiger charge is 2.07. The van der Waals surface area contributed by atoms with Gasteiger partial charge in [-0.3, -0.25) is 4.79 Å². The molecule has 116 valence electrons. The average Bonchev–Trinajstić information content (AvgIpc) is 2.52. The normalized spacial score (nSPS) is 10.1. The van der Waals surface area contributed by atoms with Gasteiger partial charge in [0.2, 0.25) is 0 Å². The summed E-state index contributed by atoms with van der Waals surface area (Å²) in [6.45, 7) is 2.21. The molecule has 2 aromatic carbocycles. The zero-order valence-electron chi connectivity index (χ0n) is 12.6. The van der Waals surface area contributed by atoms with Crippen LogP contribution in [-0.4, -0.2) is 19.6 Å². The van der Waals surface area contributed by atoms with E-state index in [0.717, 1.165) is 16.9 Å². The van der Waals surface area contributed by atoms with Gasteiger partial charge in [0.05, 0.1) is 7.11 Å². The molecule has 0 radical (unpaired) electrons. The number of halogens is 1. The van der Waals surface area contributed by atoms with Gasteiger partial charge < -0.3 is 14.8 Å². The van der Waals surface area contributed by atoms with Gasteiger partial charge in [-0.05, 0) is 37.3 Å². The molecule has 5 heteroatoms. The van der Waals surface area contributed by atoms with Crippen LogP contribution in [0.1, 0.15) is 11.1 Å². The molecule has 2 aromatic rings. The average molecular weight is 303 g/mol. The van der Waals surface area contributed by atoms with Crippen LogP contribution in [0.4, 0.5) is 4.39 Å². The summed E-state index contributed by atoms with van der Waals surface area (Å²) in [5, 5.41) is 2.76. The van der Waals surface area contributed by atoms with Crippen molar-refractivity contribution in [2.45, 2.75) is 13.5 Å². The molecule has 0 aliphatic heterocycles. The van der Waals surface area contributed by atoms with E-state index in [1.807, 2.05) is 25.1 Å². The van der Waals surface area contributed by atoms with Crippen molar-refractivity contribution in [3.8, 4) is 11.5 Å². The maximum absolute atomic E-state index is 12.8. The molecule has 0 heterocycles. The maximum atomic E-state index is 12.8. The Balaban J connectivity index is 1.85. The van der Waals surface area contributed by atoms with E-state index in [-0.39, 0.29) is 18.3 Å². The van der Waals surface area contributed by atoms with Crippen LogP contribution < -0.4 is 14.8 Å². The van der Waals surface area contributed by atoms with Crippen LogP contribution in [0.25, 0.3) is 0 Å². The molecule has 0 fully saturated rings. The van der Waals surface area contributed by atoms with Crippen molar-refractivity contribution in [3.05, 3.63) is 59.4 Å². The summed E-state index contributed by atoms with van der Waals surface area (Å²) >= 11 is 0. The van der Waals surface area contributed by atoms with Crippen LogP contribution in [0, 0.1) is 12.7 Å². The molecule has 0 bridgehead atoms. The smallest absolute Gasteiger partial charge is 0.258 e. The first-order valence-electron chi connectivity index (χ1n) is 6.87. The predicted octanol–water partition coefficient (Wildman–Crippen LogP) is 2.84. The van der Waals surface area contributed by atoms with Crippen molar-refractivity contribution in [3.63, 3.8) is 0 Å². The van der Waals surface area contributed by atoms with E-state index in [0.29, 0.717) is 12.3 Å². The number of rotatable bonds is 6. The zero-order valence-corrected chi connectivity index (χ0v) is 12.6. The number of hydrogen-bond donors (Lipinski definition) is 1. The van der Waals surface area contributed by atoms with Crippen LogP contribution >= 0.6 is 0 Å². The first-order chi connectivity index (χ1) is 10.6. The van der Waals surface area contributed by atoms with Crippen LogP contribution in [0.2, 0.25) is 0 Å². The first-order valence-corrected chi connectivity index (χ1v) is 6.87. The van der Waals surface area contributed by atoms with Gasteiger partial charge in [-0.2, -0.15) is 0 Å². The molecular weight excluding hydrogens is 285 g/mol. The minimum absolute atomic E-state index is 0.125. The molecule has 0 saturated carbocycles. The minimum Gasteiger partial charge on any atom is -0.496 e. The Morgan fingerprint density at radius 2 is 1.91 bits per heavy atom. The summed E-state index contributed by atoms with van der Waals surface area (Å²) in [7, 11) is 1.59. The van der Waals surface area contributed by atoms with Gasteiger partial charge >= 0.3 is 0 Å². The van der Waals surface area contributed by atoms with E-state index in [9.17, 15) is 9.18 Å². The molecule has 0 spiro atoms. The van der Waals surface area contributed by atoms with E-state index in [4.69, 9.17) is 9.47 Å². The Morgan fingerprint density at radius 1 is 1.18 bits per heavy atom. The molecule has 0 aliphatic rings. The second-order valence-electron chi connectivity index (χ2n) is 4.83. The number of nitrogens with one attached hydrogen (secondary N) is 1. The number of aryl methyl sites for hydroxylation is 1. The largest absolute Gasteiger partial charge is 0.496 e. The van der Waals surface area contributed by atoms with Crippen molar-refractivity contribution in [2.24, 2.45) is 0 Å². The summed E-state index contributed by atoms with van der Waals surface area (Å²) in [6, 6.07) is 11.3. The third kappa shape index (κ3) is 4.48. The molecule has 1 amide bonds. The molecule has 4 nitrogen and oxygen atoms in total. The quantitative estimate of drug-likeness (QED) is 0.892. The molecule has 0 saturated heterocycles. The molecule has 22 heavy (non-hydrogen) atoms. The lowest BCUT2D eigenvalue weighted by molar-refractivity contribution is -0.123. The molecule has 1 N–H and O–H groups in total. The molecule has 0 aromatic heterocycles. The Kier molecular flexibility index (Phi) is 5.36. The van der Waals surface area contributed by atoms with Gasteiger partial charge in [-0.25, -0.2) is 4.39 Å². The van der Waals surface area contributed by atoms with E-state index >= 15 is 0 Å². The Labute approximate surface area is 128 Å². The standard InChI is InChI=1S/C17H18FNO3/c1-12-3-8-16(21-2)13(9-12)10-19-17(20)11-22-15-6-4-14(18)5-7-15/h3-9H,10-11H2,1-2H3,(H,19,20). The van der Waals surface area contributed by atoms with Gasteiger partial charge in [-0.15, -0.1) is 0 Å². The van der Waals surface area contributed by atoms with Gasteiger partial charge in [0, 0.05) is 12.1 Å². The number of ether oxygens (including phenoxy) is 2. The van der Waals surface area contributed by atoms with Crippen molar-refractivity contribution in [1.82, 2.24) is 5.32 Å². The van der Waals surface area contributed by atoms with Crippen LogP contribution in [0.15, 0.2) is 42.5 Å². The Morgan fingerprint density at radius 3 is 2.59 bits per heavy atom. The number of carbonyl (C=O) groups excluding carboxylic acids is 1. The lowest BCUT2D eigenvalue weighted by Gasteiger charge is -2.11. The molecule has 0 aliphatic carbocycles. The molecule has 0 unspecified atom stereocenters. The molecule has 2 rings (SSSR count). The zero-order chi connectivity index (χ0) is 15.9. The predicted molar refractivity (Wildman–Crippen MR) is 81.5 cm³/mol. The van der Waals surface area contributed by atoms with Gasteiger partial charge in [0.15, 0.2) is 6.61 Å². The van der Waals surface area contributed by atoms with Gasteiger partial charge in [0.1, 0.15) is 17.3 Å². The minimum atomic E-state index is -0.344. The number of carbonyl (C=O) groups is 1. The summed E-state index contributed by atoms with van der Waals surface area (Å²) < 4.78 is 23.3. The highest BCUT2D eigenvalue weighted by Crippen LogP contribution is 2.19. The second-order valence-corrected chi connectivity index (χ2v) is 4.83. The fourth-order valence-corrected chi connectivity index (χ4v) is 1.97. The highest BCUT2D eigenvalue weighted by molar-refractivity contribution is 5.77. The monoisotopic (exact) mass is 303 g/mol. The fourth-order valence-electron chi connectivity index (χ4n) is 1.97. The van der Waals surface area contributed by atoms with Gasteiger partial charge in [0.25, 0.3) is 5.91 Å². The number of amides is 1. The highest BCUT2D eigenvalue weighted by atomic mass is 19.1. The summed E-state index contributed by atoms with van der Waals surface area (Å²) in [5.74, 6) is 0.575. The Bertz CT molecular complexity index is 641. The maximum Gasteiger partial charge on any atom is 0.258 e. The van der Waals surface area contributed by atoms with Crippen LogP contribution in [0.3, 0.4) is 0 Å². The van der Waals surface area contributed by atoms with E-state index < -0.39 is 0 Å². The van der Waals surface area contributed by atoms with E-state index in [1.54, 1.807) is 7.11 Å². The number of methoxy groups -OCH3 is 1. The molecule has 0 atom stereocenters. The summed E-state index contributed by atoms with van der Waals surface area (Å²) in [6.07, 6.45) is 0. The lowest BCUT2D eigenvalue weighted by Crippen LogP contribution is -2.28. The topological polar surface area (TPSA) is 47.6 Å². The van der Waals surface area contributed by atoms with Crippen molar-refractivity contribution in [2.75, 3.05) is 13.7 Å². The van der Waals surface area contributed by atoms with Crippen molar-refractivity contribution in [1.29, 1.82) is 0 Å². The third-order valence-electron chi connectivity index (χ3n) is 3.10. The Hall–Kier alpha value is -2.56. The first kappa shape index (κ1) is 15.8.